The molecule has 14 aromatic rings. The van der Waals surface area contributed by atoms with Gasteiger partial charge in [-0.05, 0) is 89.0 Å². The van der Waals surface area contributed by atoms with E-state index < -0.39 is 0 Å². The van der Waals surface area contributed by atoms with Crippen molar-refractivity contribution in [2.24, 2.45) is 0 Å². The quantitative estimate of drug-likeness (QED) is 0.160. The SMILES string of the molecule is c1ccc(-c2ccc(-c3nc(-c4ccccc4)nc(-c4cccc5sc6ccc(-c7ccc8c(c7)c7ccc9c(c%10ccccc%10n9-c9ccccc9)c7n8-c7ccccc7)cc6c45)n3)cc2)cc1. The summed E-state index contributed by atoms with van der Waals surface area (Å²) in [4.78, 5) is 15.5. The first-order valence-electron chi connectivity index (χ1n) is 23.3. The van der Waals surface area contributed by atoms with E-state index in [0.717, 1.165) is 50.1 Å². The molecule has 0 atom stereocenters. The van der Waals surface area contributed by atoms with Crippen LogP contribution in [0, 0.1) is 0 Å². The van der Waals surface area contributed by atoms with Gasteiger partial charge in [-0.15, -0.1) is 11.3 Å². The van der Waals surface area contributed by atoms with Crippen LogP contribution >= 0.6 is 11.3 Å². The Balaban J connectivity index is 0.948. The Labute approximate surface area is 401 Å². The molecule has 5 nitrogen and oxygen atoms in total. The van der Waals surface area contributed by atoms with E-state index in [9.17, 15) is 0 Å². The zero-order valence-electron chi connectivity index (χ0n) is 37.2. The van der Waals surface area contributed by atoms with Gasteiger partial charge in [0.25, 0.3) is 0 Å². The van der Waals surface area contributed by atoms with Crippen molar-refractivity contribution in [2.45, 2.75) is 0 Å². The number of benzene rings is 10. The van der Waals surface area contributed by atoms with Gasteiger partial charge in [-0.1, -0.05) is 170 Å². The van der Waals surface area contributed by atoms with Gasteiger partial charge in [0, 0.05) is 69.8 Å². The molecule has 0 unspecified atom stereocenters. The van der Waals surface area contributed by atoms with Crippen LogP contribution in [0.2, 0.25) is 0 Å². The van der Waals surface area contributed by atoms with Crippen molar-refractivity contribution in [3.05, 3.63) is 237 Å². The minimum atomic E-state index is 0.639. The Morgan fingerprint density at radius 2 is 0.812 bits per heavy atom. The van der Waals surface area contributed by atoms with Crippen LogP contribution in [0.5, 0.6) is 0 Å². The third-order valence-corrected chi connectivity index (χ3v) is 14.7. The Morgan fingerprint density at radius 3 is 1.54 bits per heavy atom. The summed E-state index contributed by atoms with van der Waals surface area (Å²) in [5, 5.41) is 7.24. The second kappa shape index (κ2) is 15.8. The molecule has 0 spiro atoms. The average molecular weight is 898 g/mol. The van der Waals surface area contributed by atoms with E-state index in [2.05, 4.69) is 221 Å². The summed E-state index contributed by atoms with van der Waals surface area (Å²) in [6.07, 6.45) is 0. The lowest BCUT2D eigenvalue weighted by Crippen LogP contribution is -2.00. The second-order valence-corrected chi connectivity index (χ2v) is 18.6. The maximum atomic E-state index is 5.25. The van der Waals surface area contributed by atoms with E-state index in [-0.39, 0.29) is 0 Å². The fourth-order valence-electron chi connectivity index (χ4n) is 10.4. The highest BCUT2D eigenvalue weighted by Crippen LogP contribution is 2.45. The molecule has 6 heteroatoms. The van der Waals surface area contributed by atoms with Crippen LogP contribution in [-0.4, -0.2) is 24.1 Å². The van der Waals surface area contributed by atoms with Crippen molar-refractivity contribution >= 4 is 75.1 Å². The predicted octanol–water partition coefficient (Wildman–Crippen LogP) is 16.8. The lowest BCUT2D eigenvalue weighted by Gasteiger charge is -2.10. The molecule has 0 amide bonds. The van der Waals surface area contributed by atoms with Gasteiger partial charge in [0.1, 0.15) is 0 Å². The topological polar surface area (TPSA) is 48.5 Å². The summed E-state index contributed by atoms with van der Waals surface area (Å²) < 4.78 is 7.27. The molecule has 0 aliphatic carbocycles. The fraction of sp³-hybridized carbons (Fsp3) is 0. The van der Waals surface area contributed by atoms with E-state index in [1.807, 2.05) is 24.3 Å². The average Bonchev–Trinajstić information content (AvgIpc) is 4.09. The minimum Gasteiger partial charge on any atom is -0.309 e. The van der Waals surface area contributed by atoms with Crippen LogP contribution in [0.3, 0.4) is 0 Å². The van der Waals surface area contributed by atoms with Crippen molar-refractivity contribution in [1.29, 1.82) is 0 Å². The summed E-state index contributed by atoms with van der Waals surface area (Å²) in [5.41, 5.74) is 14.5. The third kappa shape index (κ3) is 6.41. The van der Waals surface area contributed by atoms with Crippen LogP contribution in [-0.2, 0) is 0 Å². The summed E-state index contributed by atoms with van der Waals surface area (Å²) >= 11 is 1.81. The Kier molecular flexibility index (Phi) is 9.00. The summed E-state index contributed by atoms with van der Waals surface area (Å²) in [6.45, 7) is 0. The molecular formula is C63H39N5S. The Hall–Kier alpha value is -8.97. The number of thiophene rings is 1. The van der Waals surface area contributed by atoms with Crippen LogP contribution in [0.4, 0.5) is 0 Å². The standard InChI is InChI=1S/C63H39N5S/c1-5-16-40(17-6-1)41-28-30-43(31-29-41)62-64-61(42-18-7-2-8-19-42)65-63(66-62)50-25-15-27-57-58(50)52-39-45(33-37-56(52)69-57)44-32-35-54-51(38-44)48-34-36-55-59(60(48)68(54)47-22-11-4-12-23-47)49-24-13-14-26-53(49)67(55)46-20-9-3-10-21-46/h1-39H. The zero-order valence-corrected chi connectivity index (χ0v) is 38.0. The van der Waals surface area contributed by atoms with Crippen LogP contribution < -0.4 is 0 Å². The third-order valence-electron chi connectivity index (χ3n) is 13.6. The van der Waals surface area contributed by atoms with E-state index in [4.69, 9.17) is 15.0 Å². The van der Waals surface area contributed by atoms with E-state index in [0.29, 0.717) is 17.5 Å². The van der Waals surface area contributed by atoms with Gasteiger partial charge >= 0.3 is 0 Å². The first kappa shape index (κ1) is 39.2. The molecule has 0 saturated carbocycles. The van der Waals surface area contributed by atoms with Crippen LogP contribution in [0.15, 0.2) is 237 Å². The maximum absolute atomic E-state index is 5.25. The van der Waals surface area contributed by atoms with Crippen LogP contribution in [0.25, 0.3) is 132 Å². The lowest BCUT2D eigenvalue weighted by atomic mass is 9.99. The first-order valence-corrected chi connectivity index (χ1v) is 24.1. The monoisotopic (exact) mass is 897 g/mol. The number of hydrogen-bond acceptors (Lipinski definition) is 4. The molecule has 322 valence electrons. The normalized spacial score (nSPS) is 11.8. The van der Waals surface area contributed by atoms with E-state index >= 15 is 0 Å². The van der Waals surface area contributed by atoms with Crippen molar-refractivity contribution in [3.8, 4) is 67.8 Å². The minimum absolute atomic E-state index is 0.639. The zero-order chi connectivity index (χ0) is 45.4. The van der Waals surface area contributed by atoms with Gasteiger partial charge in [0.05, 0.1) is 22.1 Å². The number of rotatable bonds is 7. The second-order valence-electron chi connectivity index (χ2n) is 17.6. The highest BCUT2D eigenvalue weighted by atomic mass is 32.1. The van der Waals surface area contributed by atoms with Crippen molar-refractivity contribution in [1.82, 2.24) is 24.1 Å². The molecule has 0 aliphatic heterocycles. The Bertz CT molecular complexity index is 4270. The number of fused-ring (bicyclic) bond motifs is 10. The lowest BCUT2D eigenvalue weighted by molar-refractivity contribution is 1.08. The Morgan fingerprint density at radius 1 is 0.290 bits per heavy atom. The van der Waals surface area contributed by atoms with E-state index in [1.165, 1.54) is 64.0 Å². The number of hydrogen-bond donors (Lipinski definition) is 0. The molecule has 0 N–H and O–H groups in total. The summed E-state index contributed by atoms with van der Waals surface area (Å²) in [7, 11) is 0. The molecule has 10 aromatic carbocycles. The van der Waals surface area contributed by atoms with Gasteiger partial charge < -0.3 is 9.13 Å². The highest BCUT2D eigenvalue weighted by molar-refractivity contribution is 7.26. The number of aromatic nitrogens is 5. The highest BCUT2D eigenvalue weighted by Gasteiger charge is 2.22. The molecule has 4 heterocycles. The summed E-state index contributed by atoms with van der Waals surface area (Å²) in [5.74, 6) is 1.93. The van der Waals surface area contributed by atoms with E-state index in [1.54, 1.807) is 11.3 Å². The van der Waals surface area contributed by atoms with Gasteiger partial charge in [-0.25, -0.2) is 15.0 Å². The molecule has 69 heavy (non-hydrogen) atoms. The van der Waals surface area contributed by atoms with Crippen molar-refractivity contribution in [2.75, 3.05) is 0 Å². The van der Waals surface area contributed by atoms with Crippen LogP contribution in [0.1, 0.15) is 0 Å². The first-order chi connectivity index (χ1) is 34.2. The molecule has 0 saturated heterocycles. The van der Waals surface area contributed by atoms with Gasteiger partial charge in [0.2, 0.25) is 0 Å². The molecule has 14 rings (SSSR count). The van der Waals surface area contributed by atoms with Crippen molar-refractivity contribution in [3.63, 3.8) is 0 Å². The molecule has 0 bridgehead atoms. The van der Waals surface area contributed by atoms with Gasteiger partial charge in [0.15, 0.2) is 17.5 Å². The number of nitrogens with zero attached hydrogens (tertiary/aromatic N) is 5. The van der Waals surface area contributed by atoms with Crippen molar-refractivity contribution < 1.29 is 0 Å². The maximum Gasteiger partial charge on any atom is 0.164 e. The summed E-state index contributed by atoms with van der Waals surface area (Å²) in [6, 6.07) is 84.5. The molecule has 0 radical (unpaired) electrons. The molecule has 0 fully saturated rings. The largest absolute Gasteiger partial charge is 0.309 e. The van der Waals surface area contributed by atoms with Gasteiger partial charge in [-0.2, -0.15) is 0 Å². The predicted molar refractivity (Wildman–Crippen MR) is 289 cm³/mol. The molecule has 0 aliphatic rings. The number of para-hydroxylation sites is 3. The molecular weight excluding hydrogens is 859 g/mol. The molecule has 4 aromatic heterocycles. The smallest absolute Gasteiger partial charge is 0.164 e. The van der Waals surface area contributed by atoms with Gasteiger partial charge in [-0.3, -0.25) is 0 Å². The fourth-order valence-corrected chi connectivity index (χ4v) is 11.5.